The quantitative estimate of drug-likeness (QED) is 0.445. The van der Waals surface area contributed by atoms with Gasteiger partial charge in [0.25, 0.3) is 0 Å². The molecule has 3 nitrogen and oxygen atoms in total. The van der Waals surface area contributed by atoms with Crippen LogP contribution in [0.3, 0.4) is 0 Å². The molecule has 0 amide bonds. The molecule has 66 valence electrons. The zero-order valence-corrected chi connectivity index (χ0v) is 7.87. The van der Waals surface area contributed by atoms with E-state index in [1.807, 2.05) is 13.8 Å². The zero-order chi connectivity index (χ0) is 8.91. The average molecular weight is 176 g/mol. The summed E-state index contributed by atoms with van der Waals surface area (Å²) in [4.78, 5) is 0. The van der Waals surface area contributed by atoms with Gasteiger partial charge in [0.15, 0.2) is 5.17 Å². The summed E-state index contributed by atoms with van der Waals surface area (Å²) in [5.74, 6) is 0.523. The number of nitrogens with two attached hydrogens (primary N) is 1. The molecule has 0 aromatic carbocycles. The van der Waals surface area contributed by atoms with E-state index in [2.05, 4.69) is 0 Å². The Morgan fingerprint density at radius 3 is 2.27 bits per heavy atom. The van der Waals surface area contributed by atoms with E-state index in [1.165, 1.54) is 11.8 Å². The van der Waals surface area contributed by atoms with Crippen LogP contribution >= 0.6 is 11.8 Å². The number of hydrogen-bond donors (Lipinski definition) is 3. The molecule has 0 aromatic rings. The van der Waals surface area contributed by atoms with Gasteiger partial charge in [0.2, 0.25) is 0 Å². The second-order valence-electron chi connectivity index (χ2n) is 2.58. The highest BCUT2D eigenvalue weighted by molar-refractivity contribution is 8.13. The fourth-order valence-corrected chi connectivity index (χ4v) is 1.50. The molecule has 0 fully saturated rings. The number of rotatable bonds is 4. The molecule has 0 unspecified atom stereocenters. The average Bonchev–Trinajstić information content (AvgIpc) is 2.00. The lowest BCUT2D eigenvalue weighted by Crippen LogP contribution is -2.30. The van der Waals surface area contributed by atoms with Crippen molar-refractivity contribution >= 4 is 16.9 Å². The van der Waals surface area contributed by atoms with Crippen LogP contribution in [0.4, 0.5) is 0 Å². The first-order valence-corrected chi connectivity index (χ1v) is 4.72. The van der Waals surface area contributed by atoms with Crippen LogP contribution in [0.5, 0.6) is 0 Å². The number of nitrogens with one attached hydrogen (secondary N) is 1. The Hall–Kier alpha value is -0.220. The molecular weight excluding hydrogens is 160 g/mol. The molecule has 0 aromatic heterocycles. The van der Waals surface area contributed by atoms with Crippen LogP contribution in [0, 0.1) is 5.41 Å². The van der Waals surface area contributed by atoms with E-state index >= 15 is 0 Å². The number of thioether (sulfide) groups is 1. The highest BCUT2D eigenvalue weighted by Gasteiger charge is 2.22. The monoisotopic (exact) mass is 176 g/mol. The van der Waals surface area contributed by atoms with Gasteiger partial charge in [0.05, 0.1) is 5.60 Å². The predicted octanol–water partition coefficient (Wildman–Crippen LogP) is 1.16. The topological polar surface area (TPSA) is 70.1 Å². The molecule has 4 heteroatoms. The molecule has 0 aliphatic heterocycles. The Balaban J connectivity index is 3.78. The van der Waals surface area contributed by atoms with Crippen LogP contribution in [0.25, 0.3) is 0 Å². The molecule has 0 saturated heterocycles. The normalized spacial score (nSPS) is 11.5. The maximum absolute atomic E-state index is 9.70. The lowest BCUT2D eigenvalue weighted by Gasteiger charge is -2.23. The third-order valence-electron chi connectivity index (χ3n) is 1.81. The molecule has 4 N–H and O–H groups in total. The molecule has 0 spiro atoms. The highest BCUT2D eigenvalue weighted by atomic mass is 32.2. The lowest BCUT2D eigenvalue weighted by molar-refractivity contribution is 0.0574. The minimum Gasteiger partial charge on any atom is -0.389 e. The zero-order valence-electron chi connectivity index (χ0n) is 7.05. The summed E-state index contributed by atoms with van der Waals surface area (Å²) < 4.78 is 0. The first kappa shape index (κ1) is 10.8. The second kappa shape index (κ2) is 4.62. The maximum Gasteiger partial charge on any atom is 0.151 e. The molecular formula is C7H16N2OS. The first-order valence-electron chi connectivity index (χ1n) is 3.73. The van der Waals surface area contributed by atoms with Crippen molar-refractivity contribution in [2.75, 3.05) is 5.75 Å². The molecule has 0 aliphatic rings. The Labute approximate surface area is 71.9 Å². The van der Waals surface area contributed by atoms with E-state index in [4.69, 9.17) is 11.1 Å². The third kappa shape index (κ3) is 4.27. The van der Waals surface area contributed by atoms with Crippen LogP contribution in [0.2, 0.25) is 0 Å². The van der Waals surface area contributed by atoms with Gasteiger partial charge >= 0.3 is 0 Å². The van der Waals surface area contributed by atoms with E-state index in [9.17, 15) is 5.11 Å². The summed E-state index contributed by atoms with van der Waals surface area (Å²) in [5, 5.41) is 16.7. The van der Waals surface area contributed by atoms with Crippen LogP contribution in [0.15, 0.2) is 0 Å². The van der Waals surface area contributed by atoms with Crippen LogP contribution in [-0.2, 0) is 0 Å². The van der Waals surface area contributed by atoms with Gasteiger partial charge in [-0.3, -0.25) is 5.41 Å². The van der Waals surface area contributed by atoms with E-state index in [1.54, 1.807) is 0 Å². The summed E-state index contributed by atoms with van der Waals surface area (Å²) in [6, 6.07) is 0. The highest BCUT2D eigenvalue weighted by Crippen LogP contribution is 2.20. The predicted molar refractivity (Wildman–Crippen MR) is 49.9 cm³/mol. The Morgan fingerprint density at radius 2 is 2.00 bits per heavy atom. The molecule has 0 aliphatic carbocycles. The van der Waals surface area contributed by atoms with Crippen molar-refractivity contribution < 1.29 is 5.11 Å². The van der Waals surface area contributed by atoms with Gasteiger partial charge in [0, 0.05) is 5.75 Å². The van der Waals surface area contributed by atoms with Crippen molar-refractivity contribution in [3.63, 3.8) is 0 Å². The second-order valence-corrected chi connectivity index (χ2v) is 3.60. The minimum absolute atomic E-state index is 0.0744. The molecule has 0 atom stereocenters. The number of aliphatic hydroxyl groups is 1. The molecule has 0 rings (SSSR count). The molecule has 0 saturated carbocycles. The summed E-state index contributed by atoms with van der Waals surface area (Å²) in [7, 11) is 0. The molecule has 0 radical (unpaired) electrons. The number of hydrogen-bond acceptors (Lipinski definition) is 3. The van der Waals surface area contributed by atoms with E-state index in [0.717, 1.165) is 0 Å². The van der Waals surface area contributed by atoms with Gasteiger partial charge < -0.3 is 10.8 Å². The Bertz CT molecular complexity index is 134. The maximum atomic E-state index is 9.70. The van der Waals surface area contributed by atoms with E-state index in [-0.39, 0.29) is 5.17 Å². The van der Waals surface area contributed by atoms with Crippen molar-refractivity contribution in [1.82, 2.24) is 0 Å². The van der Waals surface area contributed by atoms with Gasteiger partial charge in [-0.2, -0.15) is 0 Å². The van der Waals surface area contributed by atoms with Crippen LogP contribution in [0.1, 0.15) is 26.7 Å². The first-order chi connectivity index (χ1) is 5.04. The van der Waals surface area contributed by atoms with E-state index < -0.39 is 5.60 Å². The summed E-state index contributed by atoms with van der Waals surface area (Å²) in [6.07, 6.45) is 1.42. The number of amidine groups is 1. The fourth-order valence-electron chi connectivity index (χ4n) is 0.666. The SMILES string of the molecule is CCC(O)(CC)CSC(=N)N. The van der Waals surface area contributed by atoms with Gasteiger partial charge in [0.1, 0.15) is 0 Å². The summed E-state index contributed by atoms with van der Waals surface area (Å²) in [6.45, 7) is 3.87. The van der Waals surface area contributed by atoms with Crippen molar-refractivity contribution in [3.8, 4) is 0 Å². The van der Waals surface area contributed by atoms with Crippen LogP contribution < -0.4 is 5.73 Å². The molecule has 11 heavy (non-hydrogen) atoms. The lowest BCUT2D eigenvalue weighted by atomic mass is 10.0. The van der Waals surface area contributed by atoms with Gasteiger partial charge in [-0.1, -0.05) is 25.6 Å². The Morgan fingerprint density at radius 1 is 1.55 bits per heavy atom. The largest absolute Gasteiger partial charge is 0.389 e. The van der Waals surface area contributed by atoms with Crippen molar-refractivity contribution in [2.45, 2.75) is 32.3 Å². The van der Waals surface area contributed by atoms with Gasteiger partial charge in [-0.05, 0) is 12.8 Å². The van der Waals surface area contributed by atoms with Crippen molar-refractivity contribution in [1.29, 1.82) is 5.41 Å². The third-order valence-corrected chi connectivity index (χ3v) is 2.81. The molecule has 0 bridgehead atoms. The summed E-state index contributed by atoms with van der Waals surface area (Å²) in [5.41, 5.74) is 4.50. The van der Waals surface area contributed by atoms with Gasteiger partial charge in [-0.25, -0.2) is 0 Å². The Kier molecular flexibility index (Phi) is 4.52. The van der Waals surface area contributed by atoms with Crippen molar-refractivity contribution in [3.05, 3.63) is 0 Å². The fraction of sp³-hybridized carbons (Fsp3) is 0.857. The van der Waals surface area contributed by atoms with Gasteiger partial charge in [-0.15, -0.1) is 0 Å². The molecule has 0 heterocycles. The smallest absolute Gasteiger partial charge is 0.151 e. The van der Waals surface area contributed by atoms with E-state index in [0.29, 0.717) is 18.6 Å². The minimum atomic E-state index is -0.643. The summed E-state index contributed by atoms with van der Waals surface area (Å²) >= 11 is 1.20. The van der Waals surface area contributed by atoms with Crippen molar-refractivity contribution in [2.24, 2.45) is 5.73 Å². The van der Waals surface area contributed by atoms with Crippen LogP contribution in [-0.4, -0.2) is 21.6 Å². The standard InChI is InChI=1S/C7H16N2OS/c1-3-7(10,4-2)5-11-6(8)9/h10H,3-5H2,1-2H3,(H3,8,9).